The zero-order chi connectivity index (χ0) is 12.3. The van der Waals surface area contributed by atoms with E-state index in [0.717, 1.165) is 36.0 Å². The zero-order valence-electron chi connectivity index (χ0n) is 10.3. The van der Waals surface area contributed by atoms with E-state index in [1.807, 2.05) is 0 Å². The lowest BCUT2D eigenvalue weighted by atomic mass is 10.1. The van der Waals surface area contributed by atoms with Gasteiger partial charge in [-0.3, -0.25) is 0 Å². The maximum Gasteiger partial charge on any atom is 0.134 e. The molecule has 0 aliphatic rings. The van der Waals surface area contributed by atoms with Crippen molar-refractivity contribution in [2.75, 3.05) is 13.1 Å². The molecule has 1 aromatic heterocycles. The molecule has 0 atom stereocenters. The molecule has 2 nitrogen and oxygen atoms in total. The maximum absolute atomic E-state index is 13.1. The normalized spacial score (nSPS) is 11.5. The summed E-state index contributed by atoms with van der Waals surface area (Å²) in [6.07, 6.45) is 2.59. The Hall–Kier alpha value is -1.35. The fourth-order valence-electron chi connectivity index (χ4n) is 1.86. The first-order valence-corrected chi connectivity index (χ1v) is 6.03. The fourth-order valence-corrected chi connectivity index (χ4v) is 1.86. The van der Waals surface area contributed by atoms with Crippen molar-refractivity contribution in [3.05, 3.63) is 35.8 Å². The van der Waals surface area contributed by atoms with Crippen LogP contribution in [-0.2, 0) is 6.42 Å². The third-order valence-electron chi connectivity index (χ3n) is 2.74. The summed E-state index contributed by atoms with van der Waals surface area (Å²) in [4.78, 5) is 0. The van der Waals surface area contributed by atoms with Gasteiger partial charge in [0.2, 0.25) is 0 Å². The van der Waals surface area contributed by atoms with Gasteiger partial charge in [0.15, 0.2) is 0 Å². The van der Waals surface area contributed by atoms with Crippen LogP contribution in [0.3, 0.4) is 0 Å². The smallest absolute Gasteiger partial charge is 0.134 e. The van der Waals surface area contributed by atoms with Crippen molar-refractivity contribution in [2.24, 2.45) is 5.92 Å². The zero-order valence-corrected chi connectivity index (χ0v) is 10.3. The summed E-state index contributed by atoms with van der Waals surface area (Å²) in [6.45, 7) is 6.25. The highest BCUT2D eigenvalue weighted by atomic mass is 19.1. The number of halogens is 1. The molecule has 0 amide bonds. The van der Waals surface area contributed by atoms with Gasteiger partial charge in [-0.25, -0.2) is 4.39 Å². The highest BCUT2D eigenvalue weighted by Gasteiger charge is 2.06. The van der Waals surface area contributed by atoms with Crippen LogP contribution in [0.15, 0.2) is 28.9 Å². The van der Waals surface area contributed by atoms with Crippen LogP contribution in [0.25, 0.3) is 11.0 Å². The van der Waals surface area contributed by atoms with E-state index in [2.05, 4.69) is 19.2 Å². The lowest BCUT2D eigenvalue weighted by molar-refractivity contribution is 0.552. The van der Waals surface area contributed by atoms with E-state index in [4.69, 9.17) is 4.42 Å². The maximum atomic E-state index is 13.1. The summed E-state index contributed by atoms with van der Waals surface area (Å²) >= 11 is 0. The molecule has 0 bridgehead atoms. The first-order valence-electron chi connectivity index (χ1n) is 6.03. The van der Waals surface area contributed by atoms with Gasteiger partial charge in [-0.1, -0.05) is 13.8 Å². The van der Waals surface area contributed by atoms with Crippen LogP contribution >= 0.6 is 0 Å². The summed E-state index contributed by atoms with van der Waals surface area (Å²) < 4.78 is 18.5. The predicted octanol–water partition coefficient (Wildman–Crippen LogP) is 3.36. The molecule has 0 fully saturated rings. The van der Waals surface area contributed by atoms with E-state index in [1.54, 1.807) is 12.3 Å². The first-order chi connectivity index (χ1) is 8.16. The average Bonchev–Trinajstić information content (AvgIpc) is 2.67. The molecule has 0 aliphatic carbocycles. The molecule has 2 rings (SSSR count). The number of rotatable bonds is 5. The molecule has 3 heteroatoms. The molecule has 0 saturated carbocycles. The lowest BCUT2D eigenvalue weighted by Gasteiger charge is -2.06. The highest BCUT2D eigenvalue weighted by Crippen LogP contribution is 2.22. The number of fused-ring (bicyclic) bond motifs is 1. The quantitative estimate of drug-likeness (QED) is 0.804. The van der Waals surface area contributed by atoms with Gasteiger partial charge in [0.05, 0.1) is 6.26 Å². The van der Waals surface area contributed by atoms with Crippen molar-refractivity contribution in [1.29, 1.82) is 0 Å². The van der Waals surface area contributed by atoms with Gasteiger partial charge >= 0.3 is 0 Å². The van der Waals surface area contributed by atoms with E-state index in [0.29, 0.717) is 5.92 Å². The number of nitrogens with one attached hydrogen (secondary N) is 1. The number of benzene rings is 1. The Morgan fingerprint density at radius 3 is 2.94 bits per heavy atom. The van der Waals surface area contributed by atoms with Gasteiger partial charge in [0.25, 0.3) is 0 Å². The van der Waals surface area contributed by atoms with Crippen LogP contribution in [0, 0.1) is 11.7 Å². The Morgan fingerprint density at radius 2 is 2.18 bits per heavy atom. The van der Waals surface area contributed by atoms with Gasteiger partial charge in [-0.05, 0) is 49.2 Å². The lowest BCUT2D eigenvalue weighted by Crippen LogP contribution is -2.21. The number of hydrogen-bond donors (Lipinski definition) is 1. The van der Waals surface area contributed by atoms with Crippen molar-refractivity contribution in [3.8, 4) is 0 Å². The average molecular weight is 235 g/mol. The third kappa shape index (κ3) is 3.07. The van der Waals surface area contributed by atoms with Gasteiger partial charge in [0.1, 0.15) is 11.4 Å². The van der Waals surface area contributed by atoms with Crippen molar-refractivity contribution < 1.29 is 8.81 Å². The summed E-state index contributed by atoms with van der Waals surface area (Å²) in [5.41, 5.74) is 1.82. The van der Waals surface area contributed by atoms with Crippen LogP contribution < -0.4 is 5.32 Å². The second kappa shape index (κ2) is 5.32. The third-order valence-corrected chi connectivity index (χ3v) is 2.74. The SMILES string of the molecule is CC(C)CNCCc1coc2ccc(F)cc12. The molecule has 0 radical (unpaired) electrons. The molecule has 0 saturated heterocycles. The second-order valence-corrected chi connectivity index (χ2v) is 4.75. The van der Waals surface area contributed by atoms with Gasteiger partial charge in [0, 0.05) is 5.39 Å². The van der Waals surface area contributed by atoms with Crippen LogP contribution in [0.5, 0.6) is 0 Å². The van der Waals surface area contributed by atoms with Crippen molar-refractivity contribution >= 4 is 11.0 Å². The Labute approximate surface area is 101 Å². The molecule has 0 aliphatic heterocycles. The van der Waals surface area contributed by atoms with Gasteiger partial charge in [-0.2, -0.15) is 0 Å². The minimum Gasteiger partial charge on any atom is -0.464 e. The molecule has 92 valence electrons. The van der Waals surface area contributed by atoms with Gasteiger partial charge in [-0.15, -0.1) is 0 Å². The summed E-state index contributed by atoms with van der Waals surface area (Å²) in [5, 5.41) is 4.25. The van der Waals surface area contributed by atoms with Crippen molar-refractivity contribution in [2.45, 2.75) is 20.3 Å². The van der Waals surface area contributed by atoms with E-state index >= 15 is 0 Å². The highest BCUT2D eigenvalue weighted by molar-refractivity contribution is 5.81. The molecule has 1 N–H and O–H groups in total. The minimum absolute atomic E-state index is 0.213. The van der Waals surface area contributed by atoms with Crippen molar-refractivity contribution in [3.63, 3.8) is 0 Å². The summed E-state index contributed by atoms with van der Waals surface area (Å²) in [6, 6.07) is 4.64. The van der Waals surface area contributed by atoms with Crippen molar-refractivity contribution in [1.82, 2.24) is 5.32 Å². The summed E-state index contributed by atoms with van der Waals surface area (Å²) in [5.74, 6) is 0.434. The van der Waals surface area contributed by atoms with Crippen LogP contribution in [-0.4, -0.2) is 13.1 Å². The molecule has 0 unspecified atom stereocenters. The van der Waals surface area contributed by atoms with Crippen LogP contribution in [0.4, 0.5) is 4.39 Å². The Bertz CT molecular complexity index is 490. The topological polar surface area (TPSA) is 25.2 Å². The first kappa shape index (κ1) is 12.1. The van der Waals surface area contributed by atoms with E-state index in [-0.39, 0.29) is 5.82 Å². The van der Waals surface area contributed by atoms with Crippen LogP contribution in [0.1, 0.15) is 19.4 Å². The molecular formula is C14H18FNO. The fraction of sp³-hybridized carbons (Fsp3) is 0.429. The molecule has 17 heavy (non-hydrogen) atoms. The number of hydrogen-bond acceptors (Lipinski definition) is 2. The second-order valence-electron chi connectivity index (χ2n) is 4.75. The molecule has 0 spiro atoms. The molecular weight excluding hydrogens is 217 g/mol. The van der Waals surface area contributed by atoms with E-state index in [9.17, 15) is 4.39 Å². The molecule has 2 aromatic rings. The Balaban J connectivity index is 2.01. The van der Waals surface area contributed by atoms with E-state index < -0.39 is 0 Å². The molecule has 1 heterocycles. The van der Waals surface area contributed by atoms with E-state index in [1.165, 1.54) is 12.1 Å². The van der Waals surface area contributed by atoms with Gasteiger partial charge < -0.3 is 9.73 Å². The monoisotopic (exact) mass is 235 g/mol. The molecule has 1 aromatic carbocycles. The minimum atomic E-state index is -0.213. The van der Waals surface area contributed by atoms with Crippen LogP contribution in [0.2, 0.25) is 0 Å². The summed E-state index contributed by atoms with van der Waals surface area (Å²) in [7, 11) is 0. The predicted molar refractivity (Wildman–Crippen MR) is 67.6 cm³/mol. The Morgan fingerprint density at radius 1 is 1.35 bits per heavy atom. The standard InChI is InChI=1S/C14H18FNO/c1-10(2)8-16-6-5-11-9-17-14-4-3-12(15)7-13(11)14/h3-4,7,9-10,16H,5-6,8H2,1-2H3. The Kier molecular flexibility index (Phi) is 3.79. The largest absolute Gasteiger partial charge is 0.464 e. The number of furan rings is 1.